The van der Waals surface area contributed by atoms with E-state index in [1.54, 1.807) is 11.8 Å². The van der Waals surface area contributed by atoms with Gasteiger partial charge in [0.25, 0.3) is 5.91 Å². The first-order valence-corrected chi connectivity index (χ1v) is 12.1. The van der Waals surface area contributed by atoms with Crippen molar-refractivity contribution in [2.45, 2.75) is 43.0 Å². The van der Waals surface area contributed by atoms with Crippen molar-refractivity contribution >= 4 is 35.0 Å². The lowest BCUT2D eigenvalue weighted by molar-refractivity contribution is -0.114. The average Bonchev–Trinajstić information content (AvgIpc) is 3.24. The van der Waals surface area contributed by atoms with Crippen molar-refractivity contribution in [3.63, 3.8) is 0 Å². The van der Waals surface area contributed by atoms with Gasteiger partial charge in [-0.05, 0) is 61.9 Å². The van der Waals surface area contributed by atoms with Crippen molar-refractivity contribution in [2.75, 3.05) is 10.2 Å². The third kappa shape index (κ3) is 4.70. The fraction of sp³-hybridized carbons (Fsp3) is 0.185. The normalized spacial score (nSPS) is 12.8. The van der Waals surface area contributed by atoms with Gasteiger partial charge in [0, 0.05) is 34.0 Å². The molecule has 0 aliphatic carbocycles. The molecule has 1 aliphatic heterocycles. The van der Waals surface area contributed by atoms with Crippen LogP contribution in [0.4, 0.5) is 11.4 Å². The number of hydrogen-bond acceptors (Lipinski definition) is 6. The Bertz CT molecular complexity index is 1410. The van der Waals surface area contributed by atoms with Crippen LogP contribution in [0.25, 0.3) is 11.4 Å². The van der Waals surface area contributed by atoms with Crippen LogP contribution >= 0.6 is 11.8 Å². The summed E-state index contributed by atoms with van der Waals surface area (Å²) in [6.07, 6.45) is 0.482. The van der Waals surface area contributed by atoms with Gasteiger partial charge in [-0.15, -0.1) is 0 Å². The number of nitrogens with zero attached hydrogens (tertiary/aromatic N) is 3. The molecule has 4 aromatic rings. The largest absolute Gasteiger partial charge is 0.339 e. The predicted octanol–water partition coefficient (Wildman–Crippen LogP) is 5.81. The maximum absolute atomic E-state index is 13.3. The van der Waals surface area contributed by atoms with Crippen LogP contribution in [0.3, 0.4) is 0 Å². The smallest absolute Gasteiger partial charge is 0.259 e. The van der Waals surface area contributed by atoms with E-state index in [2.05, 4.69) is 15.5 Å². The number of fused-ring (bicyclic) bond motifs is 2. The maximum Gasteiger partial charge on any atom is 0.259 e. The van der Waals surface area contributed by atoms with Crippen LogP contribution in [0.15, 0.2) is 81.0 Å². The second-order valence-corrected chi connectivity index (χ2v) is 9.70. The van der Waals surface area contributed by atoms with Crippen LogP contribution in [-0.2, 0) is 11.2 Å². The summed E-state index contributed by atoms with van der Waals surface area (Å²) in [6, 6.07) is 21.1. The molecule has 0 spiro atoms. The first-order chi connectivity index (χ1) is 16.9. The summed E-state index contributed by atoms with van der Waals surface area (Å²) in [5.41, 5.74) is 4.14. The van der Waals surface area contributed by atoms with Crippen molar-refractivity contribution in [3.05, 3.63) is 83.7 Å². The highest BCUT2D eigenvalue weighted by atomic mass is 32.2. The predicted molar refractivity (Wildman–Crippen MR) is 136 cm³/mol. The van der Waals surface area contributed by atoms with Crippen molar-refractivity contribution in [2.24, 2.45) is 0 Å². The summed E-state index contributed by atoms with van der Waals surface area (Å²) in [5, 5.41) is 6.95. The first kappa shape index (κ1) is 22.9. The Labute approximate surface area is 207 Å². The number of aromatic nitrogens is 2. The lowest BCUT2D eigenvalue weighted by Crippen LogP contribution is -2.36. The number of benzene rings is 3. The van der Waals surface area contributed by atoms with Gasteiger partial charge in [-0.25, -0.2) is 0 Å². The third-order valence-corrected chi connectivity index (χ3v) is 6.77. The lowest BCUT2D eigenvalue weighted by Gasteiger charge is -2.27. The molecule has 0 bridgehead atoms. The molecule has 0 fully saturated rings. The summed E-state index contributed by atoms with van der Waals surface area (Å²) < 4.78 is 5.52. The topological polar surface area (TPSA) is 88.3 Å². The number of rotatable bonds is 5. The highest BCUT2D eigenvalue weighted by molar-refractivity contribution is 7.99. The summed E-state index contributed by atoms with van der Waals surface area (Å²) in [5.74, 6) is 0.890. The minimum atomic E-state index is -0.109. The second-order valence-electron chi connectivity index (χ2n) is 8.62. The summed E-state index contributed by atoms with van der Waals surface area (Å²) in [7, 11) is 0. The van der Waals surface area contributed by atoms with Crippen LogP contribution in [-0.4, -0.2) is 28.0 Å². The first-order valence-electron chi connectivity index (χ1n) is 11.3. The van der Waals surface area contributed by atoms with E-state index in [1.807, 2.05) is 85.5 Å². The average molecular weight is 485 g/mol. The molecule has 0 radical (unpaired) electrons. The highest BCUT2D eigenvalue weighted by Gasteiger charge is 2.29. The van der Waals surface area contributed by atoms with E-state index in [-0.39, 0.29) is 17.9 Å². The lowest BCUT2D eigenvalue weighted by atomic mass is 10.1. The molecule has 0 unspecified atom stereocenters. The third-order valence-electron chi connectivity index (χ3n) is 5.65. The molecule has 8 heteroatoms. The van der Waals surface area contributed by atoms with Crippen LogP contribution in [0.5, 0.6) is 0 Å². The van der Waals surface area contributed by atoms with Crippen molar-refractivity contribution in [3.8, 4) is 11.4 Å². The van der Waals surface area contributed by atoms with Crippen molar-refractivity contribution < 1.29 is 14.1 Å². The van der Waals surface area contributed by atoms with Gasteiger partial charge >= 0.3 is 0 Å². The molecule has 0 atom stereocenters. The number of nitrogens with one attached hydrogen (secondary N) is 1. The standard InChI is InChI=1S/C27H24N4O3S/c1-16(2)31-22-13-10-19(15-24(22)35-23-7-5-4-6-21(23)27(31)33)26-29-25(34-30-26)14-18-8-11-20(12-9-18)28-17(3)32/h4-13,15-16H,14H2,1-3H3,(H,28,32). The second kappa shape index (κ2) is 9.38. The van der Waals surface area contributed by atoms with Gasteiger partial charge in [0.2, 0.25) is 17.6 Å². The summed E-state index contributed by atoms with van der Waals surface area (Å²) in [6.45, 7) is 5.51. The molecule has 1 N–H and O–H groups in total. The van der Waals surface area contributed by atoms with E-state index in [4.69, 9.17) is 4.52 Å². The molecule has 7 nitrogen and oxygen atoms in total. The fourth-order valence-corrected chi connectivity index (χ4v) is 5.17. The molecular weight excluding hydrogens is 460 g/mol. The molecule has 0 saturated heterocycles. The maximum atomic E-state index is 13.3. The Kier molecular flexibility index (Phi) is 6.13. The summed E-state index contributed by atoms with van der Waals surface area (Å²) in [4.78, 5) is 32.8. The SMILES string of the molecule is CC(=O)Nc1ccc(Cc2nc(-c3ccc4c(c3)Sc3ccccc3C(=O)N4C(C)C)no2)cc1. The van der Waals surface area contributed by atoms with Crippen LogP contribution in [0.2, 0.25) is 0 Å². The fourth-order valence-electron chi connectivity index (χ4n) is 4.06. The number of hydrogen-bond donors (Lipinski definition) is 1. The van der Waals surface area contributed by atoms with Gasteiger partial charge < -0.3 is 14.7 Å². The number of amides is 2. The minimum Gasteiger partial charge on any atom is -0.339 e. The van der Waals surface area contributed by atoms with E-state index in [9.17, 15) is 9.59 Å². The molecule has 0 saturated carbocycles. The van der Waals surface area contributed by atoms with Crippen molar-refractivity contribution in [1.82, 2.24) is 10.1 Å². The van der Waals surface area contributed by atoms with Gasteiger partial charge in [0.1, 0.15) is 0 Å². The van der Waals surface area contributed by atoms with Crippen LogP contribution in [0.1, 0.15) is 42.6 Å². The zero-order valence-electron chi connectivity index (χ0n) is 19.6. The Morgan fingerprint density at radius 3 is 2.57 bits per heavy atom. The number of carbonyl (C=O) groups is 2. The molecule has 2 heterocycles. The van der Waals surface area contributed by atoms with E-state index in [0.29, 0.717) is 23.7 Å². The zero-order chi connectivity index (χ0) is 24.5. The van der Waals surface area contributed by atoms with E-state index in [0.717, 1.165) is 32.3 Å². The van der Waals surface area contributed by atoms with Crippen LogP contribution < -0.4 is 10.2 Å². The number of carbonyl (C=O) groups excluding carboxylic acids is 2. The Morgan fingerprint density at radius 1 is 1.06 bits per heavy atom. The Hall–Kier alpha value is -3.91. The molecule has 176 valence electrons. The monoisotopic (exact) mass is 484 g/mol. The molecule has 3 aromatic carbocycles. The zero-order valence-corrected chi connectivity index (χ0v) is 20.4. The van der Waals surface area contributed by atoms with E-state index >= 15 is 0 Å². The van der Waals surface area contributed by atoms with E-state index in [1.165, 1.54) is 6.92 Å². The van der Waals surface area contributed by atoms with Gasteiger partial charge in [-0.2, -0.15) is 4.98 Å². The quantitative estimate of drug-likeness (QED) is 0.385. The van der Waals surface area contributed by atoms with Gasteiger partial charge in [-0.1, -0.05) is 41.2 Å². The Morgan fingerprint density at radius 2 is 1.83 bits per heavy atom. The summed E-state index contributed by atoms with van der Waals surface area (Å²) >= 11 is 1.57. The molecule has 35 heavy (non-hydrogen) atoms. The van der Waals surface area contributed by atoms with Crippen molar-refractivity contribution in [1.29, 1.82) is 0 Å². The van der Waals surface area contributed by atoms with Gasteiger partial charge in [-0.3, -0.25) is 9.59 Å². The molecular formula is C27H24N4O3S. The molecule has 1 aromatic heterocycles. The molecule has 2 amide bonds. The highest BCUT2D eigenvalue weighted by Crippen LogP contribution is 2.43. The van der Waals surface area contributed by atoms with Gasteiger partial charge in [0.05, 0.1) is 17.7 Å². The van der Waals surface area contributed by atoms with Gasteiger partial charge in [0.15, 0.2) is 0 Å². The van der Waals surface area contributed by atoms with E-state index < -0.39 is 0 Å². The van der Waals surface area contributed by atoms with Crippen LogP contribution in [0, 0.1) is 0 Å². The minimum absolute atomic E-state index is 0.000897. The molecule has 1 aliphatic rings. The Balaban J connectivity index is 1.43. The number of anilines is 2. The molecule has 5 rings (SSSR count).